The minimum atomic E-state index is -2.93. The summed E-state index contributed by atoms with van der Waals surface area (Å²) in [6, 6.07) is 0. The Morgan fingerprint density at radius 1 is 1.39 bits per heavy atom. The Hall–Kier alpha value is -0.920. The zero-order chi connectivity index (χ0) is 16.9. The molecule has 6 nitrogen and oxygen atoms in total. The molecule has 0 aromatic carbocycles. The Morgan fingerprint density at radius 3 is 2.78 bits per heavy atom. The Bertz CT molecular complexity index is 682. The molecule has 0 bridgehead atoms. The number of aromatic nitrogens is 2. The van der Waals surface area contributed by atoms with Crippen molar-refractivity contribution in [2.45, 2.75) is 57.8 Å². The third kappa shape index (κ3) is 3.46. The van der Waals surface area contributed by atoms with E-state index < -0.39 is 15.4 Å². The summed E-state index contributed by atoms with van der Waals surface area (Å²) in [7, 11) is -2.93. The molecule has 0 spiro atoms. The van der Waals surface area contributed by atoms with Crippen LogP contribution in [0.4, 0.5) is 0 Å². The van der Waals surface area contributed by atoms with E-state index in [0.29, 0.717) is 6.42 Å². The molecule has 0 unspecified atom stereocenters. The van der Waals surface area contributed by atoms with Crippen LogP contribution in [0.3, 0.4) is 0 Å². The first kappa shape index (κ1) is 16.9. The number of hydrogen-bond acceptors (Lipinski definition) is 5. The Labute approximate surface area is 138 Å². The summed E-state index contributed by atoms with van der Waals surface area (Å²) in [6.45, 7) is 10.9. The van der Waals surface area contributed by atoms with E-state index in [1.54, 1.807) is 0 Å². The van der Waals surface area contributed by atoms with Gasteiger partial charge in [0.2, 0.25) is 0 Å². The van der Waals surface area contributed by atoms with Gasteiger partial charge in [0.05, 0.1) is 36.0 Å². The van der Waals surface area contributed by atoms with E-state index in [9.17, 15) is 8.42 Å². The highest BCUT2D eigenvalue weighted by atomic mass is 32.2. The van der Waals surface area contributed by atoms with Crippen LogP contribution in [0.25, 0.3) is 0 Å². The average Bonchev–Trinajstić information content (AvgIpc) is 3.00. The van der Waals surface area contributed by atoms with E-state index in [1.807, 2.05) is 24.0 Å². The van der Waals surface area contributed by atoms with Gasteiger partial charge in [-0.2, -0.15) is 5.10 Å². The molecule has 2 saturated heterocycles. The van der Waals surface area contributed by atoms with Crippen molar-refractivity contribution in [3.05, 3.63) is 18.0 Å². The predicted molar refractivity (Wildman–Crippen MR) is 89.0 cm³/mol. The third-order valence-corrected chi connectivity index (χ3v) is 6.99. The third-order valence-electron chi connectivity index (χ3n) is 5.10. The van der Waals surface area contributed by atoms with Crippen LogP contribution < -0.4 is 0 Å². The highest BCUT2D eigenvalue weighted by Crippen LogP contribution is 2.31. The number of ether oxygens (including phenoxy) is 1. The molecule has 2 fully saturated rings. The molecule has 1 aromatic heterocycles. The Kier molecular flexibility index (Phi) is 4.09. The van der Waals surface area contributed by atoms with Crippen LogP contribution in [0.2, 0.25) is 0 Å². The van der Waals surface area contributed by atoms with E-state index in [0.717, 1.165) is 25.3 Å². The molecular weight excluding hydrogens is 314 g/mol. The van der Waals surface area contributed by atoms with Crippen LogP contribution in [-0.2, 0) is 26.7 Å². The number of sulfone groups is 1. The maximum absolute atomic E-state index is 11.8. The van der Waals surface area contributed by atoms with E-state index in [4.69, 9.17) is 4.74 Å². The lowest BCUT2D eigenvalue weighted by atomic mass is 10.0. The first-order valence-corrected chi connectivity index (χ1v) is 10.0. The lowest BCUT2D eigenvalue weighted by Crippen LogP contribution is -2.54. The van der Waals surface area contributed by atoms with Crippen molar-refractivity contribution in [3.63, 3.8) is 0 Å². The first-order valence-electron chi connectivity index (χ1n) is 8.21. The minimum absolute atomic E-state index is 0.00475. The molecule has 2 aliphatic rings. The van der Waals surface area contributed by atoms with E-state index >= 15 is 0 Å². The van der Waals surface area contributed by atoms with Gasteiger partial charge in [0.15, 0.2) is 9.84 Å². The second-order valence-electron chi connectivity index (χ2n) is 7.95. The molecule has 0 aliphatic carbocycles. The SMILES string of the molecule is C[C@@H]1CN(Cc2cnn([C@]3(C)CCS(=O)(=O)C3)c2)C(C)(C)CO1. The largest absolute Gasteiger partial charge is 0.375 e. The zero-order valence-electron chi connectivity index (χ0n) is 14.4. The molecule has 7 heteroatoms. The number of hydrogen-bond donors (Lipinski definition) is 0. The van der Waals surface area contributed by atoms with E-state index in [1.165, 1.54) is 0 Å². The van der Waals surface area contributed by atoms with Crippen molar-refractivity contribution in [3.8, 4) is 0 Å². The highest BCUT2D eigenvalue weighted by Gasteiger charge is 2.41. The van der Waals surface area contributed by atoms with Gasteiger partial charge in [0, 0.05) is 30.4 Å². The zero-order valence-corrected chi connectivity index (χ0v) is 15.3. The monoisotopic (exact) mass is 341 g/mol. The fourth-order valence-electron chi connectivity index (χ4n) is 3.46. The van der Waals surface area contributed by atoms with Crippen LogP contribution in [0.15, 0.2) is 12.4 Å². The summed E-state index contributed by atoms with van der Waals surface area (Å²) in [5.74, 6) is 0.438. The molecule has 2 aliphatic heterocycles. The average molecular weight is 341 g/mol. The van der Waals surface area contributed by atoms with Gasteiger partial charge >= 0.3 is 0 Å². The second-order valence-corrected chi connectivity index (χ2v) is 10.1. The molecule has 2 atom stereocenters. The van der Waals surface area contributed by atoms with Crippen molar-refractivity contribution in [2.75, 3.05) is 24.7 Å². The summed E-state index contributed by atoms with van der Waals surface area (Å²) < 4.78 is 31.2. The van der Waals surface area contributed by atoms with Gasteiger partial charge in [0.1, 0.15) is 0 Å². The highest BCUT2D eigenvalue weighted by molar-refractivity contribution is 7.91. The maximum Gasteiger partial charge on any atom is 0.152 e. The maximum atomic E-state index is 11.8. The lowest BCUT2D eigenvalue weighted by Gasteiger charge is -2.44. The fourth-order valence-corrected chi connectivity index (χ4v) is 5.58. The summed E-state index contributed by atoms with van der Waals surface area (Å²) in [5, 5.41) is 4.46. The van der Waals surface area contributed by atoms with Crippen LogP contribution in [0.1, 0.15) is 39.7 Å². The molecule has 0 amide bonds. The minimum Gasteiger partial charge on any atom is -0.375 e. The Balaban J connectivity index is 1.75. The molecule has 0 radical (unpaired) electrons. The first-order chi connectivity index (χ1) is 10.6. The van der Waals surface area contributed by atoms with Crippen molar-refractivity contribution in [1.82, 2.24) is 14.7 Å². The number of nitrogens with zero attached hydrogens (tertiary/aromatic N) is 3. The molecule has 3 heterocycles. The molecular formula is C16H27N3O3S. The van der Waals surface area contributed by atoms with Crippen LogP contribution in [-0.4, -0.2) is 59.4 Å². The summed E-state index contributed by atoms with van der Waals surface area (Å²) in [6.07, 6.45) is 4.75. The van der Waals surface area contributed by atoms with Crippen LogP contribution >= 0.6 is 0 Å². The normalized spacial score (nSPS) is 33.8. The van der Waals surface area contributed by atoms with Gasteiger partial charge < -0.3 is 4.74 Å². The standard InChI is InChI=1S/C16H27N3O3S/c1-13-8-18(15(2,3)11-22-13)9-14-7-17-19(10-14)16(4)5-6-23(20,21)12-16/h7,10,13H,5-6,8-9,11-12H2,1-4H3/t13-,16-/m1/s1. The van der Waals surface area contributed by atoms with Gasteiger partial charge in [-0.1, -0.05) is 0 Å². The molecule has 23 heavy (non-hydrogen) atoms. The lowest BCUT2D eigenvalue weighted by molar-refractivity contribution is -0.0949. The van der Waals surface area contributed by atoms with Crippen molar-refractivity contribution in [2.24, 2.45) is 0 Å². The molecule has 3 rings (SSSR count). The van der Waals surface area contributed by atoms with Crippen LogP contribution in [0, 0.1) is 0 Å². The van der Waals surface area contributed by atoms with Crippen molar-refractivity contribution in [1.29, 1.82) is 0 Å². The van der Waals surface area contributed by atoms with Gasteiger partial charge in [-0.3, -0.25) is 9.58 Å². The topological polar surface area (TPSA) is 64.4 Å². The summed E-state index contributed by atoms with van der Waals surface area (Å²) >= 11 is 0. The molecule has 1 aromatic rings. The summed E-state index contributed by atoms with van der Waals surface area (Å²) in [5.41, 5.74) is 0.706. The van der Waals surface area contributed by atoms with Gasteiger partial charge in [-0.15, -0.1) is 0 Å². The van der Waals surface area contributed by atoms with E-state index in [-0.39, 0.29) is 23.1 Å². The molecule has 0 saturated carbocycles. The van der Waals surface area contributed by atoms with Gasteiger partial charge in [-0.05, 0) is 34.1 Å². The number of rotatable bonds is 3. The van der Waals surface area contributed by atoms with E-state index in [2.05, 4.69) is 30.8 Å². The second kappa shape index (κ2) is 5.57. The van der Waals surface area contributed by atoms with Gasteiger partial charge in [0.25, 0.3) is 0 Å². The van der Waals surface area contributed by atoms with Crippen molar-refractivity contribution < 1.29 is 13.2 Å². The van der Waals surface area contributed by atoms with Gasteiger partial charge in [-0.25, -0.2) is 8.42 Å². The van der Waals surface area contributed by atoms with Crippen molar-refractivity contribution >= 4 is 9.84 Å². The molecule has 0 N–H and O–H groups in total. The molecule has 130 valence electrons. The smallest absolute Gasteiger partial charge is 0.152 e. The number of morpholine rings is 1. The quantitative estimate of drug-likeness (QED) is 0.832. The van der Waals surface area contributed by atoms with Crippen LogP contribution in [0.5, 0.6) is 0 Å². The predicted octanol–water partition coefficient (Wildman–Crippen LogP) is 1.42. The fraction of sp³-hybridized carbons (Fsp3) is 0.812. The summed E-state index contributed by atoms with van der Waals surface area (Å²) in [4.78, 5) is 2.41. The Morgan fingerprint density at radius 2 is 2.13 bits per heavy atom.